The zero-order valence-corrected chi connectivity index (χ0v) is 22.2. The highest BCUT2D eigenvalue weighted by molar-refractivity contribution is 5.86. The number of nitrogens with zero attached hydrogens (tertiary/aromatic N) is 6. The standard InChI is InChI=1S/C28H36N8O2/c1-18(37)35-16-28(17-35)14-34(15-28)12-19-3-4-21(23(7-19)38-2)13-36-24-22(11-31-36)32-26(29)33-25(24)30-10-20-8-27(9-20)5-6-27/h3-4,7,11,20H,5-6,8-10,12-17H2,1-2H3,(H3,29,30,32,33). The molecule has 2 aromatic heterocycles. The second-order valence-corrected chi connectivity index (χ2v) is 12.3. The molecule has 1 aromatic carbocycles. The SMILES string of the molecule is COc1cc(CN2CC3(C2)CN(C(C)=O)C3)ccc1Cn1ncc2nc(N)nc(NCC3CC4(CC4)C3)c21. The van der Waals surface area contributed by atoms with Crippen molar-refractivity contribution in [2.45, 2.75) is 45.7 Å². The first-order chi connectivity index (χ1) is 18.3. The molecule has 0 radical (unpaired) electrons. The summed E-state index contributed by atoms with van der Waals surface area (Å²) in [6, 6.07) is 6.44. The molecule has 2 saturated carbocycles. The first kappa shape index (κ1) is 23.7. The minimum absolute atomic E-state index is 0.183. The Hall–Kier alpha value is -3.40. The van der Waals surface area contributed by atoms with Gasteiger partial charge in [-0.05, 0) is 48.6 Å². The van der Waals surface area contributed by atoms with Gasteiger partial charge in [-0.15, -0.1) is 0 Å². The molecule has 200 valence electrons. The van der Waals surface area contributed by atoms with Crippen molar-refractivity contribution in [2.24, 2.45) is 16.7 Å². The van der Waals surface area contributed by atoms with Crippen molar-refractivity contribution < 1.29 is 9.53 Å². The molecule has 2 aliphatic carbocycles. The monoisotopic (exact) mass is 516 g/mol. The number of nitrogens with one attached hydrogen (secondary N) is 1. The van der Waals surface area contributed by atoms with Gasteiger partial charge >= 0.3 is 0 Å². The number of rotatable bonds is 8. The van der Waals surface area contributed by atoms with Crippen LogP contribution in [0.3, 0.4) is 0 Å². The van der Waals surface area contributed by atoms with E-state index in [0.717, 1.165) is 67.4 Å². The normalized spacial score (nSPS) is 21.3. The third-order valence-corrected chi connectivity index (χ3v) is 9.16. The molecule has 38 heavy (non-hydrogen) atoms. The molecule has 2 saturated heterocycles. The van der Waals surface area contributed by atoms with Gasteiger partial charge in [-0.25, -0.2) is 4.98 Å². The summed E-state index contributed by atoms with van der Waals surface area (Å²) in [5, 5.41) is 8.19. The molecule has 1 amide bonds. The zero-order valence-electron chi connectivity index (χ0n) is 22.2. The molecule has 3 aromatic rings. The van der Waals surface area contributed by atoms with Gasteiger partial charge in [0.25, 0.3) is 0 Å². The van der Waals surface area contributed by atoms with Crippen LogP contribution in [0.1, 0.15) is 43.7 Å². The van der Waals surface area contributed by atoms with Crippen LogP contribution in [0.15, 0.2) is 24.4 Å². The van der Waals surface area contributed by atoms with Gasteiger partial charge in [0.2, 0.25) is 11.9 Å². The fraction of sp³-hybridized carbons (Fsp3) is 0.571. The van der Waals surface area contributed by atoms with E-state index >= 15 is 0 Å². The molecule has 0 atom stereocenters. The van der Waals surface area contributed by atoms with E-state index < -0.39 is 0 Å². The molecule has 0 unspecified atom stereocenters. The number of aromatic nitrogens is 4. The van der Waals surface area contributed by atoms with Crippen LogP contribution in [-0.4, -0.2) is 75.3 Å². The predicted octanol–water partition coefficient (Wildman–Crippen LogP) is 2.73. The molecular weight excluding hydrogens is 480 g/mol. The maximum absolute atomic E-state index is 11.5. The average molecular weight is 517 g/mol. The quantitative estimate of drug-likeness (QED) is 0.470. The first-order valence-electron chi connectivity index (χ1n) is 13.7. The van der Waals surface area contributed by atoms with Crippen molar-refractivity contribution in [2.75, 3.05) is 50.9 Å². The first-order valence-corrected chi connectivity index (χ1v) is 13.7. The fourth-order valence-corrected chi connectivity index (χ4v) is 7.03. The smallest absolute Gasteiger partial charge is 0.222 e. The maximum Gasteiger partial charge on any atom is 0.222 e. The lowest BCUT2D eigenvalue weighted by Gasteiger charge is -2.60. The number of ether oxygens (including phenoxy) is 1. The topological polar surface area (TPSA) is 114 Å². The Balaban J connectivity index is 1.04. The van der Waals surface area contributed by atoms with E-state index in [-0.39, 0.29) is 11.9 Å². The lowest BCUT2D eigenvalue weighted by Crippen LogP contribution is -2.72. The Morgan fingerprint density at radius 2 is 1.92 bits per heavy atom. The zero-order chi connectivity index (χ0) is 26.1. The summed E-state index contributed by atoms with van der Waals surface area (Å²) in [5.74, 6) is 2.75. The van der Waals surface area contributed by atoms with Crippen LogP contribution >= 0.6 is 0 Å². The van der Waals surface area contributed by atoms with Gasteiger partial charge in [0.1, 0.15) is 16.8 Å². The predicted molar refractivity (Wildman–Crippen MR) is 145 cm³/mol. The lowest BCUT2D eigenvalue weighted by molar-refractivity contribution is -0.157. The number of carbonyl (C=O) groups excluding carboxylic acids is 1. The number of fused-ring (bicyclic) bond motifs is 1. The number of likely N-dealkylation sites (tertiary alicyclic amines) is 2. The number of hydrogen-bond donors (Lipinski definition) is 2. The van der Waals surface area contributed by atoms with Gasteiger partial charge in [0.15, 0.2) is 5.82 Å². The molecule has 3 N–H and O–H groups in total. The number of nitrogens with two attached hydrogens (primary N) is 1. The molecule has 4 fully saturated rings. The Morgan fingerprint density at radius 1 is 1.13 bits per heavy atom. The van der Waals surface area contributed by atoms with Gasteiger partial charge in [-0.3, -0.25) is 14.4 Å². The second-order valence-electron chi connectivity index (χ2n) is 12.3. The number of benzene rings is 1. The van der Waals surface area contributed by atoms with E-state index in [1.54, 1.807) is 20.2 Å². The minimum atomic E-state index is 0.183. The third-order valence-electron chi connectivity index (χ3n) is 9.16. The number of methoxy groups -OCH3 is 1. The van der Waals surface area contributed by atoms with Crippen LogP contribution in [0.2, 0.25) is 0 Å². The summed E-state index contributed by atoms with van der Waals surface area (Å²) >= 11 is 0. The number of carbonyl (C=O) groups is 1. The van der Waals surface area contributed by atoms with Crippen molar-refractivity contribution >= 4 is 28.7 Å². The molecule has 4 aliphatic rings. The molecular formula is C28H36N8O2. The molecule has 10 nitrogen and oxygen atoms in total. The van der Waals surface area contributed by atoms with Crippen LogP contribution in [0.4, 0.5) is 11.8 Å². The summed E-state index contributed by atoms with van der Waals surface area (Å²) < 4.78 is 7.74. The number of hydrogen-bond acceptors (Lipinski definition) is 8. The Kier molecular flexibility index (Phi) is 5.34. The molecule has 2 spiro atoms. The van der Waals surface area contributed by atoms with E-state index in [1.807, 2.05) is 9.58 Å². The number of anilines is 2. The highest BCUT2D eigenvalue weighted by Gasteiger charge is 2.53. The Bertz CT molecular complexity index is 1390. The highest BCUT2D eigenvalue weighted by Crippen LogP contribution is 2.63. The van der Waals surface area contributed by atoms with Crippen molar-refractivity contribution in [3.63, 3.8) is 0 Å². The lowest BCUT2D eigenvalue weighted by atomic mass is 9.72. The Labute approximate surface area is 222 Å². The molecule has 2 aliphatic heterocycles. The van der Waals surface area contributed by atoms with Gasteiger partial charge in [-0.2, -0.15) is 10.1 Å². The maximum atomic E-state index is 11.5. The van der Waals surface area contributed by atoms with E-state index in [1.165, 1.54) is 31.2 Å². The molecule has 0 bridgehead atoms. The van der Waals surface area contributed by atoms with Gasteiger partial charge in [0, 0.05) is 57.2 Å². The van der Waals surface area contributed by atoms with Crippen molar-refractivity contribution in [3.8, 4) is 5.75 Å². The minimum Gasteiger partial charge on any atom is -0.496 e. The van der Waals surface area contributed by atoms with E-state index in [4.69, 9.17) is 10.5 Å². The van der Waals surface area contributed by atoms with Crippen LogP contribution in [0.25, 0.3) is 11.0 Å². The average Bonchev–Trinajstić information content (AvgIpc) is 3.52. The summed E-state index contributed by atoms with van der Waals surface area (Å²) in [4.78, 5) is 24.9. The number of nitrogen functional groups attached to an aromatic ring is 1. The summed E-state index contributed by atoms with van der Waals surface area (Å²) in [6.45, 7) is 7.87. The van der Waals surface area contributed by atoms with E-state index in [9.17, 15) is 4.79 Å². The van der Waals surface area contributed by atoms with Gasteiger partial charge in [-0.1, -0.05) is 12.1 Å². The molecule has 7 rings (SSSR count). The largest absolute Gasteiger partial charge is 0.496 e. The van der Waals surface area contributed by atoms with Crippen molar-refractivity contribution in [1.82, 2.24) is 29.5 Å². The Morgan fingerprint density at radius 3 is 2.63 bits per heavy atom. The summed E-state index contributed by atoms with van der Waals surface area (Å²) in [6.07, 6.45) is 7.21. The number of amides is 1. The van der Waals surface area contributed by atoms with Gasteiger partial charge in [0.05, 0.1) is 19.9 Å². The van der Waals surface area contributed by atoms with E-state index in [0.29, 0.717) is 23.3 Å². The highest BCUT2D eigenvalue weighted by atomic mass is 16.5. The van der Waals surface area contributed by atoms with Crippen LogP contribution in [-0.2, 0) is 17.9 Å². The van der Waals surface area contributed by atoms with E-state index in [2.05, 4.69) is 43.5 Å². The van der Waals surface area contributed by atoms with Gasteiger partial charge < -0.3 is 20.7 Å². The molecule has 10 heteroatoms. The van der Waals surface area contributed by atoms with Crippen LogP contribution < -0.4 is 15.8 Å². The van der Waals surface area contributed by atoms with Crippen LogP contribution in [0.5, 0.6) is 5.75 Å². The summed E-state index contributed by atoms with van der Waals surface area (Å²) in [5.41, 5.74) is 10.9. The fourth-order valence-electron chi connectivity index (χ4n) is 7.03. The summed E-state index contributed by atoms with van der Waals surface area (Å²) in [7, 11) is 1.72. The second kappa shape index (κ2) is 8.56. The van der Waals surface area contributed by atoms with Crippen LogP contribution in [0, 0.1) is 16.7 Å². The molecule has 4 heterocycles. The van der Waals surface area contributed by atoms with Crippen molar-refractivity contribution in [3.05, 3.63) is 35.5 Å². The third kappa shape index (κ3) is 4.15. The van der Waals surface area contributed by atoms with Crippen molar-refractivity contribution in [1.29, 1.82) is 0 Å².